The zero-order chi connectivity index (χ0) is 13.3. The second-order valence-corrected chi connectivity index (χ2v) is 4.56. The van der Waals surface area contributed by atoms with E-state index >= 15 is 0 Å². The molecule has 6 nitrogen and oxygen atoms in total. The molecular weight excluding hydrogens is 258 g/mol. The molecule has 0 saturated heterocycles. The van der Waals surface area contributed by atoms with Crippen molar-refractivity contribution in [3.05, 3.63) is 17.7 Å². The average molecular weight is 269 g/mol. The Bertz CT molecular complexity index is 516. The summed E-state index contributed by atoms with van der Waals surface area (Å²) in [6, 6.07) is 3.52. The van der Waals surface area contributed by atoms with Crippen molar-refractivity contribution < 1.29 is 24.2 Å². The number of nitrogens with zero attached hydrogens (tertiary/aromatic N) is 1. The molecule has 0 aromatic heterocycles. The van der Waals surface area contributed by atoms with Crippen LogP contribution in [0.4, 0.5) is 0 Å². The van der Waals surface area contributed by atoms with Gasteiger partial charge in [0.25, 0.3) is 0 Å². The van der Waals surface area contributed by atoms with E-state index in [1.807, 2.05) is 0 Å². The van der Waals surface area contributed by atoms with Crippen LogP contribution in [-0.4, -0.2) is 35.5 Å². The molecule has 7 heteroatoms. The Balaban J connectivity index is 2.35. The molecule has 2 rings (SSSR count). The number of carbonyl (C=O) groups excluding carboxylic acids is 1. The number of hydrogen-bond donors (Lipinski definition) is 1. The monoisotopic (exact) mass is 269 g/mol. The number of rotatable bonds is 2. The van der Waals surface area contributed by atoms with Crippen molar-refractivity contribution in [1.29, 1.82) is 0 Å². The zero-order valence-corrected chi connectivity index (χ0v) is 10.6. The molecule has 0 spiro atoms. The minimum atomic E-state index is -1.47. The van der Waals surface area contributed by atoms with Crippen LogP contribution in [0.2, 0.25) is 0 Å². The molecule has 1 amide bonds. The SMILES string of the molecule is COc1ccc2c(c1OC)SN(C(=O)C(=O)O)C2. The molecule has 96 valence electrons. The van der Waals surface area contributed by atoms with Crippen molar-refractivity contribution in [3.8, 4) is 11.5 Å². The number of aliphatic carboxylic acids is 1. The standard InChI is InChI=1S/C11H11NO5S/c1-16-7-4-3-6-5-12(10(13)11(14)15)18-9(6)8(7)17-2/h3-4H,5H2,1-2H3,(H,14,15). The van der Waals surface area contributed by atoms with Crippen LogP contribution in [0, 0.1) is 0 Å². The van der Waals surface area contributed by atoms with Crippen molar-refractivity contribution in [2.24, 2.45) is 0 Å². The van der Waals surface area contributed by atoms with E-state index < -0.39 is 11.9 Å². The predicted octanol–water partition coefficient (Wildman–Crippen LogP) is 1.14. The summed E-state index contributed by atoms with van der Waals surface area (Å²) in [5.74, 6) is -1.35. The van der Waals surface area contributed by atoms with E-state index in [9.17, 15) is 9.59 Å². The number of hydrogen-bond acceptors (Lipinski definition) is 5. The molecule has 1 N–H and O–H groups in total. The summed E-state index contributed by atoms with van der Waals surface area (Å²) >= 11 is 1.05. The molecule has 1 aromatic rings. The Morgan fingerprint density at radius 1 is 1.33 bits per heavy atom. The minimum absolute atomic E-state index is 0.242. The van der Waals surface area contributed by atoms with Gasteiger partial charge in [0.05, 0.1) is 25.7 Å². The number of methoxy groups -OCH3 is 2. The Hall–Kier alpha value is -1.89. The third-order valence-corrected chi connectivity index (χ3v) is 3.65. The van der Waals surface area contributed by atoms with Gasteiger partial charge in [-0.15, -0.1) is 0 Å². The number of carboxylic acid groups (broad SMARTS) is 1. The predicted molar refractivity (Wildman–Crippen MR) is 63.6 cm³/mol. The molecule has 0 fully saturated rings. The Kier molecular flexibility index (Phi) is 3.33. The van der Waals surface area contributed by atoms with Gasteiger partial charge < -0.3 is 14.6 Å². The molecule has 1 aliphatic rings. The van der Waals surface area contributed by atoms with Crippen LogP contribution in [0.15, 0.2) is 17.0 Å². The van der Waals surface area contributed by atoms with Crippen LogP contribution in [0.25, 0.3) is 0 Å². The van der Waals surface area contributed by atoms with Crippen molar-refractivity contribution in [2.75, 3.05) is 14.2 Å². The molecule has 1 heterocycles. The number of carboxylic acids is 1. The number of benzene rings is 1. The quantitative estimate of drug-likeness (QED) is 0.641. The highest BCUT2D eigenvalue weighted by atomic mass is 32.2. The molecule has 0 radical (unpaired) electrons. The van der Waals surface area contributed by atoms with E-state index in [-0.39, 0.29) is 6.54 Å². The maximum atomic E-state index is 11.4. The fourth-order valence-corrected chi connectivity index (χ4v) is 2.78. The van der Waals surface area contributed by atoms with Gasteiger partial charge in [0.2, 0.25) is 0 Å². The second-order valence-electron chi connectivity index (χ2n) is 3.53. The van der Waals surface area contributed by atoms with Gasteiger partial charge in [0.15, 0.2) is 11.5 Å². The summed E-state index contributed by atoms with van der Waals surface area (Å²) < 4.78 is 11.6. The summed E-state index contributed by atoms with van der Waals surface area (Å²) in [6.07, 6.45) is 0. The van der Waals surface area contributed by atoms with Crippen LogP contribution in [0.5, 0.6) is 11.5 Å². The summed E-state index contributed by atoms with van der Waals surface area (Å²) in [6.45, 7) is 0.242. The first-order valence-electron chi connectivity index (χ1n) is 5.05. The maximum Gasteiger partial charge on any atom is 0.395 e. The first-order valence-corrected chi connectivity index (χ1v) is 5.82. The lowest BCUT2D eigenvalue weighted by molar-refractivity contribution is -0.153. The highest BCUT2D eigenvalue weighted by molar-refractivity contribution is 7.98. The second kappa shape index (κ2) is 4.77. The summed E-state index contributed by atoms with van der Waals surface area (Å²) in [4.78, 5) is 22.8. The third-order valence-electron chi connectivity index (χ3n) is 2.51. The smallest absolute Gasteiger partial charge is 0.395 e. The minimum Gasteiger partial charge on any atom is -0.493 e. The molecule has 18 heavy (non-hydrogen) atoms. The number of amides is 1. The van der Waals surface area contributed by atoms with E-state index in [4.69, 9.17) is 14.6 Å². The van der Waals surface area contributed by atoms with E-state index in [0.29, 0.717) is 16.4 Å². The van der Waals surface area contributed by atoms with Gasteiger partial charge in [-0.05, 0) is 23.6 Å². The van der Waals surface area contributed by atoms with E-state index in [1.165, 1.54) is 18.5 Å². The lowest BCUT2D eigenvalue weighted by Crippen LogP contribution is -2.27. The summed E-state index contributed by atoms with van der Waals surface area (Å²) in [7, 11) is 3.02. The molecule has 0 atom stereocenters. The fourth-order valence-electron chi connectivity index (χ4n) is 1.68. The molecule has 0 saturated carbocycles. The van der Waals surface area contributed by atoms with Crippen LogP contribution >= 0.6 is 11.9 Å². The first kappa shape index (κ1) is 12.6. The highest BCUT2D eigenvalue weighted by Gasteiger charge is 2.32. The van der Waals surface area contributed by atoms with Gasteiger partial charge in [-0.25, -0.2) is 4.79 Å². The summed E-state index contributed by atoms with van der Waals surface area (Å²) in [5.41, 5.74) is 0.840. The molecule has 0 unspecified atom stereocenters. The van der Waals surface area contributed by atoms with E-state index in [0.717, 1.165) is 17.5 Å². The Labute approximate surface area is 108 Å². The van der Waals surface area contributed by atoms with E-state index in [1.54, 1.807) is 12.1 Å². The largest absolute Gasteiger partial charge is 0.493 e. The lowest BCUT2D eigenvalue weighted by atomic mass is 10.2. The van der Waals surface area contributed by atoms with Gasteiger partial charge >= 0.3 is 11.9 Å². The molecule has 1 aromatic carbocycles. The van der Waals surface area contributed by atoms with Crippen molar-refractivity contribution in [1.82, 2.24) is 4.31 Å². The highest BCUT2D eigenvalue weighted by Crippen LogP contribution is 2.46. The number of ether oxygens (including phenoxy) is 2. The first-order chi connectivity index (χ1) is 8.58. The molecular formula is C11H11NO5S. The van der Waals surface area contributed by atoms with Crippen LogP contribution in [0.3, 0.4) is 0 Å². The van der Waals surface area contributed by atoms with E-state index in [2.05, 4.69) is 0 Å². The Morgan fingerprint density at radius 3 is 2.61 bits per heavy atom. The van der Waals surface area contributed by atoms with Gasteiger partial charge in [-0.1, -0.05) is 6.07 Å². The number of carbonyl (C=O) groups is 2. The van der Waals surface area contributed by atoms with Crippen molar-refractivity contribution in [2.45, 2.75) is 11.4 Å². The van der Waals surface area contributed by atoms with Gasteiger partial charge in [0.1, 0.15) is 0 Å². The fraction of sp³-hybridized carbons (Fsp3) is 0.273. The van der Waals surface area contributed by atoms with Crippen LogP contribution in [0.1, 0.15) is 5.56 Å². The zero-order valence-electron chi connectivity index (χ0n) is 9.80. The average Bonchev–Trinajstić information content (AvgIpc) is 2.79. The van der Waals surface area contributed by atoms with Crippen molar-refractivity contribution >= 4 is 23.8 Å². The van der Waals surface area contributed by atoms with Gasteiger partial charge in [-0.3, -0.25) is 9.10 Å². The van der Waals surface area contributed by atoms with Gasteiger partial charge in [0, 0.05) is 0 Å². The van der Waals surface area contributed by atoms with Crippen molar-refractivity contribution in [3.63, 3.8) is 0 Å². The molecule has 0 bridgehead atoms. The normalized spacial score (nSPS) is 13.1. The topological polar surface area (TPSA) is 76.1 Å². The Morgan fingerprint density at radius 2 is 2.06 bits per heavy atom. The maximum absolute atomic E-state index is 11.4. The number of fused-ring (bicyclic) bond motifs is 1. The molecule has 1 aliphatic heterocycles. The summed E-state index contributed by atoms with van der Waals surface area (Å²) in [5, 5.41) is 8.69. The molecule has 0 aliphatic carbocycles. The van der Waals surface area contributed by atoms with Gasteiger partial charge in [-0.2, -0.15) is 0 Å². The lowest BCUT2D eigenvalue weighted by Gasteiger charge is -2.11. The van der Waals surface area contributed by atoms with Crippen LogP contribution < -0.4 is 9.47 Å². The van der Waals surface area contributed by atoms with Crippen LogP contribution in [-0.2, 0) is 16.1 Å². The third kappa shape index (κ3) is 1.97.